The average Bonchev–Trinajstić information content (AvgIpc) is 3.24. The lowest BCUT2D eigenvalue weighted by atomic mass is 10.1. The zero-order valence-corrected chi connectivity index (χ0v) is 16.9. The third-order valence-corrected chi connectivity index (χ3v) is 5.80. The highest BCUT2D eigenvalue weighted by Gasteiger charge is 2.16. The minimum atomic E-state index is -0.242. The number of carbonyl (C=O) groups is 1. The molecular formula is C16H13Cl2N5OS2. The summed E-state index contributed by atoms with van der Waals surface area (Å²) in [5.74, 6) is -0.242. The van der Waals surface area contributed by atoms with E-state index in [9.17, 15) is 4.79 Å². The van der Waals surface area contributed by atoms with Crippen LogP contribution in [0.2, 0.25) is 10.0 Å². The van der Waals surface area contributed by atoms with Gasteiger partial charge in [0, 0.05) is 11.6 Å². The molecule has 0 fully saturated rings. The van der Waals surface area contributed by atoms with Crippen molar-refractivity contribution >= 4 is 67.8 Å². The molecule has 1 amide bonds. The third kappa shape index (κ3) is 4.39. The van der Waals surface area contributed by atoms with E-state index < -0.39 is 0 Å². The van der Waals surface area contributed by atoms with Crippen molar-refractivity contribution in [1.29, 1.82) is 0 Å². The predicted octanol–water partition coefficient (Wildman–Crippen LogP) is 5.30. The Hall–Kier alpha value is -2.00. The lowest BCUT2D eigenvalue weighted by molar-refractivity contribution is 0.103. The molecule has 0 radical (unpaired) electrons. The van der Waals surface area contributed by atoms with Gasteiger partial charge >= 0.3 is 0 Å². The molecule has 26 heavy (non-hydrogen) atoms. The van der Waals surface area contributed by atoms with E-state index in [0.29, 0.717) is 36.6 Å². The molecule has 0 atom stereocenters. The summed E-state index contributed by atoms with van der Waals surface area (Å²) in [5.41, 5.74) is 5.05. The van der Waals surface area contributed by atoms with Crippen molar-refractivity contribution in [3.8, 4) is 0 Å². The molecule has 0 aliphatic rings. The maximum absolute atomic E-state index is 12.3. The number of aryl methyl sites for hydroxylation is 1. The van der Waals surface area contributed by atoms with E-state index in [1.165, 1.54) is 22.7 Å². The van der Waals surface area contributed by atoms with Gasteiger partial charge in [-0.25, -0.2) is 9.97 Å². The molecule has 0 bridgehead atoms. The van der Waals surface area contributed by atoms with Gasteiger partial charge in [-0.05, 0) is 31.5 Å². The Kier molecular flexibility index (Phi) is 5.87. The molecule has 0 unspecified atom stereocenters. The Morgan fingerprint density at radius 2 is 2.04 bits per heavy atom. The first kappa shape index (κ1) is 18.8. The monoisotopic (exact) mass is 425 g/mol. The molecule has 0 aliphatic heterocycles. The van der Waals surface area contributed by atoms with E-state index in [2.05, 4.69) is 25.8 Å². The standard InChI is InChI=1S/C16H13Cl2N5OS2/c1-8(10-3-4-11(17)12(18)7-10)22-23-16-20-9(2)13(26-16)14(24)21-15-19-5-6-25-15/h3-7H,1-2H3,(H,20,23)(H,19,21,24)/b22-8+. The molecule has 134 valence electrons. The number of nitrogens with zero attached hydrogens (tertiary/aromatic N) is 3. The molecular weight excluding hydrogens is 413 g/mol. The highest BCUT2D eigenvalue weighted by atomic mass is 35.5. The van der Waals surface area contributed by atoms with E-state index in [0.717, 1.165) is 5.56 Å². The van der Waals surface area contributed by atoms with Gasteiger partial charge in [-0.1, -0.05) is 40.6 Å². The number of hydrogen-bond donors (Lipinski definition) is 2. The second kappa shape index (κ2) is 8.13. The number of rotatable bonds is 5. The zero-order valence-electron chi connectivity index (χ0n) is 13.7. The van der Waals surface area contributed by atoms with Gasteiger partial charge in [0.05, 0.1) is 21.5 Å². The molecule has 2 aromatic heterocycles. The fourth-order valence-corrected chi connectivity index (χ4v) is 3.64. The fraction of sp³-hybridized carbons (Fsp3) is 0.125. The third-order valence-electron chi connectivity index (χ3n) is 3.31. The van der Waals surface area contributed by atoms with Crippen molar-refractivity contribution in [2.24, 2.45) is 5.10 Å². The minimum Gasteiger partial charge on any atom is -0.297 e. The number of amides is 1. The maximum atomic E-state index is 12.3. The van der Waals surface area contributed by atoms with Gasteiger partial charge in [-0.3, -0.25) is 15.5 Å². The predicted molar refractivity (Wildman–Crippen MR) is 109 cm³/mol. The molecule has 3 aromatic rings. The number of aromatic nitrogens is 2. The molecule has 2 heterocycles. The van der Waals surface area contributed by atoms with Crippen LogP contribution < -0.4 is 10.7 Å². The van der Waals surface area contributed by atoms with Gasteiger partial charge in [-0.15, -0.1) is 11.3 Å². The number of hydrazone groups is 1. The smallest absolute Gasteiger partial charge is 0.269 e. The molecule has 3 rings (SSSR count). The summed E-state index contributed by atoms with van der Waals surface area (Å²) < 4.78 is 0. The molecule has 1 aromatic carbocycles. The van der Waals surface area contributed by atoms with Crippen molar-refractivity contribution in [1.82, 2.24) is 9.97 Å². The molecule has 0 spiro atoms. The topological polar surface area (TPSA) is 79.3 Å². The van der Waals surface area contributed by atoms with E-state index >= 15 is 0 Å². The van der Waals surface area contributed by atoms with Crippen molar-refractivity contribution < 1.29 is 4.79 Å². The Morgan fingerprint density at radius 3 is 2.73 bits per heavy atom. The van der Waals surface area contributed by atoms with Crippen LogP contribution in [0.15, 0.2) is 34.9 Å². The van der Waals surface area contributed by atoms with E-state index in [4.69, 9.17) is 23.2 Å². The summed E-state index contributed by atoms with van der Waals surface area (Å²) >= 11 is 14.5. The van der Waals surface area contributed by atoms with Crippen LogP contribution in [0.4, 0.5) is 10.3 Å². The van der Waals surface area contributed by atoms with Crippen molar-refractivity contribution in [3.05, 3.63) is 56.0 Å². The lowest BCUT2D eigenvalue weighted by Gasteiger charge is -2.03. The van der Waals surface area contributed by atoms with Gasteiger partial charge in [0.2, 0.25) is 5.13 Å². The van der Waals surface area contributed by atoms with Crippen LogP contribution in [0.5, 0.6) is 0 Å². The molecule has 2 N–H and O–H groups in total. The zero-order chi connectivity index (χ0) is 18.7. The normalized spacial score (nSPS) is 11.5. The van der Waals surface area contributed by atoms with Gasteiger partial charge in [0.25, 0.3) is 5.91 Å². The van der Waals surface area contributed by atoms with Crippen LogP contribution in [-0.4, -0.2) is 21.6 Å². The first-order valence-electron chi connectivity index (χ1n) is 7.38. The average molecular weight is 426 g/mol. The number of carbonyl (C=O) groups excluding carboxylic acids is 1. The van der Waals surface area contributed by atoms with Crippen LogP contribution in [-0.2, 0) is 0 Å². The summed E-state index contributed by atoms with van der Waals surface area (Å²) in [7, 11) is 0. The summed E-state index contributed by atoms with van der Waals surface area (Å²) in [6.45, 7) is 3.61. The van der Waals surface area contributed by atoms with Crippen molar-refractivity contribution in [2.75, 3.05) is 10.7 Å². The van der Waals surface area contributed by atoms with Gasteiger partial charge in [-0.2, -0.15) is 5.10 Å². The van der Waals surface area contributed by atoms with E-state index in [1.54, 1.807) is 30.6 Å². The molecule has 6 nitrogen and oxygen atoms in total. The second-order valence-electron chi connectivity index (χ2n) is 5.16. The van der Waals surface area contributed by atoms with Crippen LogP contribution >= 0.6 is 45.9 Å². The fourth-order valence-electron chi connectivity index (χ4n) is 2.01. The lowest BCUT2D eigenvalue weighted by Crippen LogP contribution is -2.11. The second-order valence-corrected chi connectivity index (χ2v) is 7.87. The number of anilines is 2. The Balaban J connectivity index is 1.72. The van der Waals surface area contributed by atoms with Gasteiger partial charge < -0.3 is 0 Å². The molecule has 0 aliphatic carbocycles. The van der Waals surface area contributed by atoms with Gasteiger partial charge in [0.15, 0.2) is 5.13 Å². The Labute approximate surface area is 167 Å². The number of thiazole rings is 2. The summed E-state index contributed by atoms with van der Waals surface area (Å²) in [5, 5.41) is 10.9. The van der Waals surface area contributed by atoms with Crippen LogP contribution in [0, 0.1) is 6.92 Å². The molecule has 0 saturated heterocycles. The van der Waals surface area contributed by atoms with Crippen molar-refractivity contribution in [3.63, 3.8) is 0 Å². The summed E-state index contributed by atoms with van der Waals surface area (Å²) in [6, 6.07) is 5.28. The number of hydrogen-bond acceptors (Lipinski definition) is 7. The Bertz CT molecular complexity index is 969. The highest BCUT2D eigenvalue weighted by molar-refractivity contribution is 7.18. The van der Waals surface area contributed by atoms with E-state index in [1.807, 2.05) is 13.0 Å². The quantitative estimate of drug-likeness (QED) is 0.429. The summed E-state index contributed by atoms with van der Waals surface area (Å²) in [6.07, 6.45) is 1.63. The first-order chi connectivity index (χ1) is 12.4. The van der Waals surface area contributed by atoms with Crippen molar-refractivity contribution in [2.45, 2.75) is 13.8 Å². The molecule has 10 heteroatoms. The summed E-state index contributed by atoms with van der Waals surface area (Å²) in [4.78, 5) is 21.2. The number of benzene rings is 1. The maximum Gasteiger partial charge on any atom is 0.269 e. The van der Waals surface area contributed by atoms with Crippen LogP contribution in [0.3, 0.4) is 0 Å². The van der Waals surface area contributed by atoms with Crippen LogP contribution in [0.25, 0.3) is 0 Å². The first-order valence-corrected chi connectivity index (χ1v) is 9.83. The number of nitrogens with one attached hydrogen (secondary N) is 2. The van der Waals surface area contributed by atoms with Gasteiger partial charge in [0.1, 0.15) is 4.88 Å². The highest BCUT2D eigenvalue weighted by Crippen LogP contribution is 2.25. The molecule has 0 saturated carbocycles. The SMILES string of the molecule is C/C(=N\Nc1nc(C)c(C(=O)Nc2nccs2)s1)c1ccc(Cl)c(Cl)c1. The Morgan fingerprint density at radius 1 is 1.23 bits per heavy atom. The minimum absolute atomic E-state index is 0.242. The largest absolute Gasteiger partial charge is 0.297 e. The van der Waals surface area contributed by atoms with Crippen LogP contribution in [0.1, 0.15) is 27.9 Å². The number of halogens is 2. The van der Waals surface area contributed by atoms with E-state index in [-0.39, 0.29) is 5.91 Å².